The first-order chi connectivity index (χ1) is 10.2. The molecule has 2 unspecified atom stereocenters. The Hall–Kier alpha value is -0.320. The van der Waals surface area contributed by atoms with E-state index >= 15 is 0 Å². The predicted molar refractivity (Wildman–Crippen MR) is 92.3 cm³/mol. The Morgan fingerprint density at radius 3 is 2.59 bits per heavy atom. The molecular formula is C17H33ClN2O2. The van der Waals surface area contributed by atoms with E-state index in [4.69, 9.17) is 10.5 Å². The lowest BCUT2D eigenvalue weighted by Gasteiger charge is -2.38. The third-order valence-electron chi connectivity index (χ3n) is 5.05. The quantitative estimate of drug-likeness (QED) is 0.785. The van der Waals surface area contributed by atoms with Crippen LogP contribution in [0, 0.1) is 5.92 Å². The fourth-order valence-electron chi connectivity index (χ4n) is 3.75. The number of hydrogen-bond donors (Lipinski definition) is 2. The molecule has 0 spiro atoms. The molecule has 0 aromatic heterocycles. The zero-order chi connectivity index (χ0) is 15.1. The van der Waals surface area contributed by atoms with Gasteiger partial charge in [-0.25, -0.2) is 0 Å². The van der Waals surface area contributed by atoms with E-state index in [0.29, 0.717) is 6.54 Å². The number of carbonyl (C=O) groups excluding carboxylic acids is 1. The normalized spacial score (nSPS) is 27.7. The fraction of sp³-hybridized carbons (Fsp3) is 0.941. The van der Waals surface area contributed by atoms with Crippen molar-refractivity contribution in [1.29, 1.82) is 0 Å². The SMILES string of the molecule is CCCOC1(CNC(=O)C2CCCC(N)C2)CCCCC1.Cl. The summed E-state index contributed by atoms with van der Waals surface area (Å²) in [5, 5.41) is 3.17. The van der Waals surface area contributed by atoms with Crippen molar-refractivity contribution in [2.45, 2.75) is 82.8 Å². The monoisotopic (exact) mass is 332 g/mol. The number of nitrogens with one attached hydrogen (secondary N) is 1. The Morgan fingerprint density at radius 2 is 1.95 bits per heavy atom. The van der Waals surface area contributed by atoms with Crippen LogP contribution in [0.4, 0.5) is 0 Å². The van der Waals surface area contributed by atoms with Crippen molar-refractivity contribution in [3.63, 3.8) is 0 Å². The van der Waals surface area contributed by atoms with E-state index in [2.05, 4.69) is 12.2 Å². The summed E-state index contributed by atoms with van der Waals surface area (Å²) in [5.74, 6) is 0.302. The number of hydrogen-bond acceptors (Lipinski definition) is 3. The van der Waals surface area contributed by atoms with E-state index < -0.39 is 0 Å². The predicted octanol–water partition coefficient (Wildman–Crippen LogP) is 3.17. The molecule has 2 rings (SSSR count). The van der Waals surface area contributed by atoms with Gasteiger partial charge in [0.25, 0.3) is 0 Å². The third-order valence-corrected chi connectivity index (χ3v) is 5.05. The van der Waals surface area contributed by atoms with Crippen molar-refractivity contribution in [2.24, 2.45) is 11.7 Å². The molecule has 0 bridgehead atoms. The van der Waals surface area contributed by atoms with Gasteiger partial charge in [-0.15, -0.1) is 12.4 Å². The molecule has 130 valence electrons. The molecule has 5 heteroatoms. The number of amides is 1. The first kappa shape index (κ1) is 19.7. The molecule has 3 N–H and O–H groups in total. The summed E-state index contributed by atoms with van der Waals surface area (Å²) in [7, 11) is 0. The minimum atomic E-state index is -0.110. The van der Waals surface area contributed by atoms with Crippen LogP contribution in [0.5, 0.6) is 0 Å². The van der Waals surface area contributed by atoms with Crippen molar-refractivity contribution in [2.75, 3.05) is 13.2 Å². The summed E-state index contributed by atoms with van der Waals surface area (Å²) in [6.07, 6.45) is 10.9. The Labute approximate surface area is 141 Å². The highest BCUT2D eigenvalue weighted by molar-refractivity contribution is 5.85. The summed E-state index contributed by atoms with van der Waals surface area (Å²) in [4.78, 5) is 12.4. The van der Waals surface area contributed by atoms with Gasteiger partial charge < -0.3 is 15.8 Å². The third kappa shape index (κ3) is 5.71. The van der Waals surface area contributed by atoms with Crippen LogP contribution in [-0.4, -0.2) is 30.7 Å². The molecule has 2 atom stereocenters. The van der Waals surface area contributed by atoms with E-state index in [0.717, 1.165) is 51.6 Å². The summed E-state index contributed by atoms with van der Waals surface area (Å²) in [6, 6.07) is 0.203. The van der Waals surface area contributed by atoms with Gasteiger partial charge in [-0.2, -0.15) is 0 Å². The molecule has 2 fully saturated rings. The van der Waals surface area contributed by atoms with E-state index in [1.165, 1.54) is 19.3 Å². The van der Waals surface area contributed by atoms with Gasteiger partial charge in [-0.3, -0.25) is 4.79 Å². The van der Waals surface area contributed by atoms with Crippen molar-refractivity contribution in [1.82, 2.24) is 5.32 Å². The smallest absolute Gasteiger partial charge is 0.223 e. The molecule has 2 aliphatic rings. The maximum Gasteiger partial charge on any atom is 0.223 e. The van der Waals surface area contributed by atoms with Crippen LogP contribution in [0.25, 0.3) is 0 Å². The minimum Gasteiger partial charge on any atom is -0.373 e. The lowest BCUT2D eigenvalue weighted by molar-refractivity contribution is -0.129. The Bertz CT molecular complexity index is 333. The first-order valence-electron chi connectivity index (χ1n) is 8.82. The molecule has 0 aromatic rings. The van der Waals surface area contributed by atoms with Gasteiger partial charge in [0.15, 0.2) is 0 Å². The molecule has 0 heterocycles. The highest BCUT2D eigenvalue weighted by atomic mass is 35.5. The highest BCUT2D eigenvalue weighted by Gasteiger charge is 2.34. The lowest BCUT2D eigenvalue weighted by Crippen LogP contribution is -2.48. The molecule has 1 amide bonds. The highest BCUT2D eigenvalue weighted by Crippen LogP contribution is 2.31. The maximum atomic E-state index is 12.4. The zero-order valence-electron chi connectivity index (χ0n) is 13.9. The maximum absolute atomic E-state index is 12.4. The van der Waals surface area contributed by atoms with Crippen molar-refractivity contribution >= 4 is 18.3 Å². The molecule has 4 nitrogen and oxygen atoms in total. The Morgan fingerprint density at radius 1 is 1.23 bits per heavy atom. The fourth-order valence-corrected chi connectivity index (χ4v) is 3.75. The molecule has 0 radical (unpaired) electrons. The van der Waals surface area contributed by atoms with Crippen LogP contribution in [-0.2, 0) is 9.53 Å². The molecule has 0 aromatic carbocycles. The molecule has 0 aliphatic heterocycles. The van der Waals surface area contributed by atoms with Crippen molar-refractivity contribution in [3.8, 4) is 0 Å². The van der Waals surface area contributed by atoms with Gasteiger partial charge >= 0.3 is 0 Å². The molecule has 22 heavy (non-hydrogen) atoms. The number of carbonyl (C=O) groups is 1. The van der Waals surface area contributed by atoms with E-state index in [1.54, 1.807) is 0 Å². The van der Waals surface area contributed by atoms with Crippen LogP contribution < -0.4 is 11.1 Å². The summed E-state index contributed by atoms with van der Waals surface area (Å²) < 4.78 is 6.14. The van der Waals surface area contributed by atoms with E-state index in [-0.39, 0.29) is 35.9 Å². The van der Waals surface area contributed by atoms with Crippen LogP contribution in [0.1, 0.15) is 71.1 Å². The number of rotatable bonds is 6. The second-order valence-electron chi connectivity index (χ2n) is 6.93. The average Bonchev–Trinajstić information content (AvgIpc) is 2.52. The van der Waals surface area contributed by atoms with Gasteiger partial charge in [0.2, 0.25) is 5.91 Å². The van der Waals surface area contributed by atoms with Crippen LogP contribution in [0.2, 0.25) is 0 Å². The average molecular weight is 333 g/mol. The van der Waals surface area contributed by atoms with Crippen molar-refractivity contribution in [3.05, 3.63) is 0 Å². The van der Waals surface area contributed by atoms with E-state index in [1.807, 2.05) is 0 Å². The number of halogens is 1. The molecule has 2 aliphatic carbocycles. The Balaban J connectivity index is 0.00000242. The minimum absolute atomic E-state index is 0. The van der Waals surface area contributed by atoms with Crippen molar-refractivity contribution < 1.29 is 9.53 Å². The summed E-state index contributed by atoms with van der Waals surface area (Å²) >= 11 is 0. The second-order valence-corrected chi connectivity index (χ2v) is 6.93. The topological polar surface area (TPSA) is 64.3 Å². The first-order valence-corrected chi connectivity index (χ1v) is 8.82. The second kappa shape index (κ2) is 9.74. The van der Waals surface area contributed by atoms with Gasteiger partial charge in [0.1, 0.15) is 0 Å². The molecular weight excluding hydrogens is 300 g/mol. The molecule has 0 saturated heterocycles. The van der Waals surface area contributed by atoms with Gasteiger partial charge in [-0.05, 0) is 38.5 Å². The largest absolute Gasteiger partial charge is 0.373 e. The van der Waals surface area contributed by atoms with Gasteiger partial charge in [0.05, 0.1) is 5.60 Å². The lowest BCUT2D eigenvalue weighted by atomic mass is 9.83. The van der Waals surface area contributed by atoms with Gasteiger partial charge in [0, 0.05) is 25.1 Å². The standard InChI is InChI=1S/C17H32N2O2.ClH/c1-2-11-21-17(9-4-3-5-10-17)13-19-16(20)14-7-6-8-15(18)12-14;/h14-15H,2-13,18H2,1H3,(H,19,20);1H. The van der Waals surface area contributed by atoms with Crippen LogP contribution in [0.15, 0.2) is 0 Å². The van der Waals surface area contributed by atoms with E-state index in [9.17, 15) is 4.79 Å². The van der Waals surface area contributed by atoms with Gasteiger partial charge in [-0.1, -0.05) is 32.6 Å². The van der Waals surface area contributed by atoms with Crippen LogP contribution >= 0.6 is 12.4 Å². The Kier molecular flexibility index (Phi) is 8.73. The molecule has 2 saturated carbocycles. The summed E-state index contributed by atoms with van der Waals surface area (Å²) in [5.41, 5.74) is 5.88. The zero-order valence-corrected chi connectivity index (χ0v) is 14.8. The number of ether oxygens (including phenoxy) is 1. The number of nitrogens with two attached hydrogens (primary N) is 1. The van der Waals surface area contributed by atoms with Crippen LogP contribution in [0.3, 0.4) is 0 Å². The summed E-state index contributed by atoms with van der Waals surface area (Å²) in [6.45, 7) is 3.61.